The summed E-state index contributed by atoms with van der Waals surface area (Å²) in [6.07, 6.45) is 3.68. The third kappa shape index (κ3) is 2.67. The van der Waals surface area contributed by atoms with Gasteiger partial charge in [0.25, 0.3) is 0 Å². The zero-order valence-electron chi connectivity index (χ0n) is 9.41. The number of hydrogen-bond donors (Lipinski definition) is 1. The quantitative estimate of drug-likeness (QED) is 0.798. The van der Waals surface area contributed by atoms with E-state index in [1.807, 2.05) is 16.0 Å². The fraction of sp³-hybridized carbons (Fsp3) is 0.100. The zero-order chi connectivity index (χ0) is 13.5. The molecular weight excluding hydrogens is 326 g/mol. The predicted molar refractivity (Wildman–Crippen MR) is 76.4 cm³/mol. The summed E-state index contributed by atoms with van der Waals surface area (Å²) in [5, 5.41) is 1.92. The highest BCUT2D eigenvalue weighted by Crippen LogP contribution is 2.25. The number of thiazole rings is 1. The number of fused-ring (bicyclic) bond motifs is 1. The maximum atomic E-state index is 12.0. The van der Waals surface area contributed by atoms with Crippen LogP contribution in [0.4, 0.5) is 0 Å². The lowest BCUT2D eigenvalue weighted by Gasteiger charge is -2.01. The van der Waals surface area contributed by atoms with Gasteiger partial charge in [-0.3, -0.25) is 4.40 Å². The first-order valence-corrected chi connectivity index (χ1v) is 8.76. The van der Waals surface area contributed by atoms with Gasteiger partial charge < -0.3 is 0 Å². The molecule has 0 unspecified atom stereocenters. The van der Waals surface area contributed by atoms with Crippen LogP contribution in [-0.2, 0) is 16.6 Å². The Hall–Kier alpha value is -0.930. The Balaban J connectivity index is 1.76. The molecule has 0 aliphatic heterocycles. The minimum Gasteiger partial charge on any atom is -0.297 e. The van der Waals surface area contributed by atoms with Crippen LogP contribution in [0.25, 0.3) is 4.96 Å². The summed E-state index contributed by atoms with van der Waals surface area (Å²) < 4.78 is 29.0. The van der Waals surface area contributed by atoms with Crippen molar-refractivity contribution < 1.29 is 8.42 Å². The van der Waals surface area contributed by atoms with Crippen molar-refractivity contribution in [2.24, 2.45) is 0 Å². The van der Waals surface area contributed by atoms with Crippen molar-refractivity contribution in [3.05, 3.63) is 39.9 Å². The Morgan fingerprint density at radius 1 is 1.42 bits per heavy atom. The molecule has 3 aromatic rings. The number of sulfonamides is 1. The predicted octanol–water partition coefficient (Wildman–Crippen LogP) is 2.59. The number of nitrogens with one attached hydrogen (secondary N) is 1. The molecule has 0 aliphatic rings. The lowest BCUT2D eigenvalue weighted by molar-refractivity contribution is 0.583. The van der Waals surface area contributed by atoms with Gasteiger partial charge in [0.05, 0.1) is 16.6 Å². The molecule has 100 valence electrons. The van der Waals surface area contributed by atoms with E-state index in [1.54, 1.807) is 12.3 Å². The van der Waals surface area contributed by atoms with E-state index in [-0.39, 0.29) is 10.8 Å². The standard InChI is InChI=1S/C10H8ClN3O2S3/c11-8-1-2-9(18-8)19(15,16)12-5-7-6-14-3-4-17-10(14)13-7/h1-4,6,12H,5H2. The Bertz CT molecular complexity index is 789. The third-order valence-corrected chi connectivity index (χ3v) is 6.29. The molecular formula is C10H8ClN3O2S3. The average molecular weight is 334 g/mol. The normalized spacial score (nSPS) is 12.3. The summed E-state index contributed by atoms with van der Waals surface area (Å²) in [6, 6.07) is 3.05. The molecule has 3 heterocycles. The van der Waals surface area contributed by atoms with Crippen LogP contribution in [-0.4, -0.2) is 17.8 Å². The van der Waals surface area contributed by atoms with E-state index in [4.69, 9.17) is 11.6 Å². The van der Waals surface area contributed by atoms with Crippen molar-refractivity contribution >= 4 is 49.3 Å². The van der Waals surface area contributed by atoms with Gasteiger partial charge in [0.15, 0.2) is 4.96 Å². The highest BCUT2D eigenvalue weighted by atomic mass is 35.5. The average Bonchev–Trinajstić information content (AvgIpc) is 3.00. The van der Waals surface area contributed by atoms with E-state index in [1.165, 1.54) is 17.4 Å². The maximum Gasteiger partial charge on any atom is 0.250 e. The van der Waals surface area contributed by atoms with Crippen molar-refractivity contribution in [3.63, 3.8) is 0 Å². The lowest BCUT2D eigenvalue weighted by Crippen LogP contribution is -2.22. The monoisotopic (exact) mass is 333 g/mol. The topological polar surface area (TPSA) is 63.5 Å². The highest BCUT2D eigenvalue weighted by molar-refractivity contribution is 7.91. The van der Waals surface area contributed by atoms with Gasteiger partial charge in [0, 0.05) is 17.8 Å². The molecule has 3 aromatic heterocycles. The van der Waals surface area contributed by atoms with Crippen molar-refractivity contribution in [1.29, 1.82) is 0 Å². The molecule has 19 heavy (non-hydrogen) atoms. The molecule has 1 N–H and O–H groups in total. The van der Waals surface area contributed by atoms with Crippen molar-refractivity contribution in [3.8, 4) is 0 Å². The molecule has 0 amide bonds. The molecule has 0 saturated heterocycles. The number of thiophene rings is 1. The van der Waals surface area contributed by atoms with Crippen LogP contribution in [0.1, 0.15) is 5.69 Å². The summed E-state index contributed by atoms with van der Waals surface area (Å²) in [4.78, 5) is 5.15. The Kier molecular flexibility index (Phi) is 3.35. The molecule has 0 aliphatic carbocycles. The molecule has 0 aromatic carbocycles. The Morgan fingerprint density at radius 3 is 2.95 bits per heavy atom. The minimum atomic E-state index is -3.52. The third-order valence-electron chi connectivity index (χ3n) is 2.40. The lowest BCUT2D eigenvalue weighted by atomic mass is 10.5. The number of halogens is 1. The van der Waals surface area contributed by atoms with Crippen LogP contribution in [0.15, 0.2) is 34.1 Å². The van der Waals surface area contributed by atoms with Gasteiger partial charge in [-0.2, -0.15) is 0 Å². The SMILES string of the molecule is O=S(=O)(NCc1cn2ccsc2n1)c1ccc(Cl)s1. The first-order valence-electron chi connectivity index (χ1n) is 5.21. The summed E-state index contributed by atoms with van der Waals surface area (Å²) in [7, 11) is -3.52. The van der Waals surface area contributed by atoms with Gasteiger partial charge in [0.2, 0.25) is 10.0 Å². The van der Waals surface area contributed by atoms with Gasteiger partial charge >= 0.3 is 0 Å². The van der Waals surface area contributed by atoms with Crippen molar-refractivity contribution in [2.75, 3.05) is 0 Å². The molecule has 0 radical (unpaired) electrons. The molecule has 0 fully saturated rings. The van der Waals surface area contributed by atoms with E-state index in [0.717, 1.165) is 16.3 Å². The first-order chi connectivity index (χ1) is 9.04. The summed E-state index contributed by atoms with van der Waals surface area (Å²) in [5.74, 6) is 0. The molecule has 9 heteroatoms. The molecule has 0 bridgehead atoms. The number of rotatable bonds is 4. The van der Waals surface area contributed by atoms with Crippen LogP contribution < -0.4 is 4.72 Å². The van der Waals surface area contributed by atoms with Crippen molar-refractivity contribution in [1.82, 2.24) is 14.1 Å². The smallest absolute Gasteiger partial charge is 0.250 e. The van der Waals surface area contributed by atoms with E-state index < -0.39 is 10.0 Å². The van der Waals surface area contributed by atoms with E-state index >= 15 is 0 Å². The summed E-state index contributed by atoms with van der Waals surface area (Å²) in [5.41, 5.74) is 0.679. The van der Waals surface area contributed by atoms with Gasteiger partial charge in [-0.15, -0.1) is 22.7 Å². The summed E-state index contributed by atoms with van der Waals surface area (Å²) in [6.45, 7) is 0.159. The van der Waals surface area contributed by atoms with Crippen molar-refractivity contribution in [2.45, 2.75) is 10.8 Å². The van der Waals surface area contributed by atoms with Gasteiger partial charge in [-0.25, -0.2) is 18.1 Å². The molecule has 3 rings (SSSR count). The van der Waals surface area contributed by atoms with Gasteiger partial charge in [-0.05, 0) is 12.1 Å². The highest BCUT2D eigenvalue weighted by Gasteiger charge is 2.16. The molecule has 0 atom stereocenters. The second-order valence-corrected chi connectivity index (χ2v) is 8.29. The molecule has 0 saturated carbocycles. The minimum absolute atomic E-state index is 0.159. The fourth-order valence-corrected chi connectivity index (χ4v) is 4.79. The Morgan fingerprint density at radius 2 is 2.26 bits per heavy atom. The van der Waals surface area contributed by atoms with Crippen LogP contribution >= 0.6 is 34.3 Å². The van der Waals surface area contributed by atoms with E-state index in [9.17, 15) is 8.42 Å². The Labute approximate surface area is 122 Å². The van der Waals surface area contributed by atoms with Crippen LogP contribution in [0.3, 0.4) is 0 Å². The zero-order valence-corrected chi connectivity index (χ0v) is 12.6. The molecule has 0 spiro atoms. The number of nitrogens with zero attached hydrogens (tertiary/aromatic N) is 2. The van der Waals surface area contributed by atoms with Gasteiger partial charge in [0.1, 0.15) is 4.21 Å². The largest absolute Gasteiger partial charge is 0.297 e. The first kappa shape index (κ1) is 13.1. The van der Waals surface area contributed by atoms with Crippen LogP contribution in [0, 0.1) is 0 Å². The second kappa shape index (κ2) is 4.88. The van der Waals surface area contributed by atoms with E-state index in [0.29, 0.717) is 10.0 Å². The van der Waals surface area contributed by atoms with Crippen LogP contribution in [0.2, 0.25) is 4.34 Å². The second-order valence-electron chi connectivity index (χ2n) is 3.71. The number of imidazole rings is 1. The van der Waals surface area contributed by atoms with E-state index in [2.05, 4.69) is 9.71 Å². The van der Waals surface area contributed by atoms with Gasteiger partial charge in [-0.1, -0.05) is 11.6 Å². The van der Waals surface area contributed by atoms with Crippen LogP contribution in [0.5, 0.6) is 0 Å². The maximum absolute atomic E-state index is 12.0. The molecule has 5 nitrogen and oxygen atoms in total. The number of hydrogen-bond acceptors (Lipinski definition) is 5. The summed E-state index contributed by atoms with van der Waals surface area (Å²) >= 11 is 8.26. The fourth-order valence-electron chi connectivity index (χ4n) is 1.54. The number of aromatic nitrogens is 2.